The van der Waals surface area contributed by atoms with Crippen molar-refractivity contribution in [3.63, 3.8) is 0 Å². The summed E-state index contributed by atoms with van der Waals surface area (Å²) < 4.78 is 0. The molecule has 5 aliphatic rings. The zero-order valence-corrected chi connectivity index (χ0v) is 22.3. The van der Waals surface area contributed by atoms with Gasteiger partial charge in [-0.15, -0.1) is 0 Å². The summed E-state index contributed by atoms with van der Waals surface area (Å²) in [7, 11) is 0. The monoisotopic (exact) mass is 442 g/mol. The Balaban J connectivity index is 0.000000354. The van der Waals surface area contributed by atoms with Crippen LogP contribution in [0.25, 0.3) is 0 Å². The van der Waals surface area contributed by atoms with E-state index in [9.17, 15) is 0 Å². The van der Waals surface area contributed by atoms with Gasteiger partial charge in [-0.25, -0.2) is 0 Å². The molecule has 5 aliphatic carbocycles. The second-order valence-corrected chi connectivity index (χ2v) is 13.5. The fraction of sp³-hybridized carbons (Fsp3) is 1.00. The first kappa shape index (κ1) is 25.1. The quantitative estimate of drug-likeness (QED) is 0.397. The molecule has 0 radical (unpaired) electrons. The van der Waals surface area contributed by atoms with Crippen molar-refractivity contribution in [1.82, 2.24) is 0 Å². The summed E-state index contributed by atoms with van der Waals surface area (Å²) in [4.78, 5) is 0. The maximum atomic E-state index is 2.66. The minimum absolute atomic E-state index is 1.02. The van der Waals surface area contributed by atoms with Crippen molar-refractivity contribution < 1.29 is 0 Å². The summed E-state index contributed by atoms with van der Waals surface area (Å²) in [6.45, 7) is 7.45. The first-order valence-corrected chi connectivity index (χ1v) is 15.7. The van der Waals surface area contributed by atoms with Crippen LogP contribution in [0.4, 0.5) is 0 Å². The molecule has 0 aliphatic heterocycles. The van der Waals surface area contributed by atoms with Gasteiger partial charge in [0.1, 0.15) is 0 Å². The molecule has 0 spiro atoms. The lowest BCUT2D eigenvalue weighted by atomic mass is 9.55. The van der Waals surface area contributed by atoms with Gasteiger partial charge in [-0.05, 0) is 78.9 Å². The molecule has 7 atom stereocenters. The molecule has 186 valence electrons. The van der Waals surface area contributed by atoms with Crippen LogP contribution in [0, 0.1) is 53.3 Å². The third-order valence-electron chi connectivity index (χ3n) is 11.3. The van der Waals surface area contributed by atoms with Crippen LogP contribution in [0.2, 0.25) is 0 Å². The summed E-state index contributed by atoms with van der Waals surface area (Å²) in [5.74, 6) is 9.75. The topological polar surface area (TPSA) is 0 Å². The Morgan fingerprint density at radius 3 is 1.91 bits per heavy atom. The number of hydrogen-bond donors (Lipinski definition) is 0. The molecule has 5 saturated carbocycles. The molecule has 0 aromatic rings. The maximum absolute atomic E-state index is 2.66. The van der Waals surface area contributed by atoms with Crippen LogP contribution in [-0.2, 0) is 0 Å². The summed E-state index contributed by atoms with van der Waals surface area (Å²) in [6, 6.07) is 0. The van der Waals surface area contributed by atoms with Crippen molar-refractivity contribution in [2.75, 3.05) is 0 Å². The molecule has 0 bridgehead atoms. The van der Waals surface area contributed by atoms with E-state index in [2.05, 4.69) is 20.8 Å². The van der Waals surface area contributed by atoms with E-state index in [1.807, 2.05) is 0 Å². The second kappa shape index (κ2) is 12.6. The van der Waals surface area contributed by atoms with E-state index >= 15 is 0 Å². The molecule has 32 heavy (non-hydrogen) atoms. The summed E-state index contributed by atoms with van der Waals surface area (Å²) in [5, 5.41) is 0. The number of hydrogen-bond acceptors (Lipinski definition) is 0. The standard InChI is InChI=1S/C26H46.C6H12/c1-3-20-11-7-13-23(18-20)26-24(16-15-21-9-5-4-6-10-21)19(2)17-22-12-8-14-25(22)26;1-6-4-2-3-5-6/h19-26H,3-18H2,1-2H3;6H,2-5H2,1H3. The maximum Gasteiger partial charge on any atom is -0.0324 e. The van der Waals surface area contributed by atoms with Gasteiger partial charge in [0.25, 0.3) is 0 Å². The third kappa shape index (κ3) is 6.56. The molecule has 0 nitrogen and oxygen atoms in total. The predicted molar refractivity (Wildman–Crippen MR) is 141 cm³/mol. The highest BCUT2D eigenvalue weighted by Gasteiger charge is 2.48. The average molecular weight is 443 g/mol. The fourth-order valence-electron chi connectivity index (χ4n) is 9.48. The van der Waals surface area contributed by atoms with Gasteiger partial charge in [-0.1, -0.05) is 124 Å². The Hall–Kier alpha value is 0. The molecule has 0 N–H and O–H groups in total. The third-order valence-corrected chi connectivity index (χ3v) is 11.3. The molecular formula is C32H58. The van der Waals surface area contributed by atoms with Crippen molar-refractivity contribution in [2.24, 2.45) is 53.3 Å². The molecule has 0 aromatic heterocycles. The van der Waals surface area contributed by atoms with Crippen molar-refractivity contribution in [3.8, 4) is 0 Å². The van der Waals surface area contributed by atoms with Gasteiger partial charge < -0.3 is 0 Å². The van der Waals surface area contributed by atoms with Crippen molar-refractivity contribution >= 4 is 0 Å². The van der Waals surface area contributed by atoms with Crippen LogP contribution in [0.15, 0.2) is 0 Å². The van der Waals surface area contributed by atoms with E-state index in [0.29, 0.717) is 0 Å². The highest BCUT2D eigenvalue weighted by atomic mass is 14.5. The lowest BCUT2D eigenvalue weighted by Gasteiger charge is -2.50. The van der Waals surface area contributed by atoms with Crippen LogP contribution in [0.5, 0.6) is 0 Å². The highest BCUT2D eigenvalue weighted by Crippen LogP contribution is 2.56. The molecule has 0 aromatic carbocycles. The Kier molecular flexibility index (Phi) is 9.91. The molecule has 5 fully saturated rings. The Labute approximate surface area is 202 Å². The van der Waals surface area contributed by atoms with Crippen LogP contribution in [0.1, 0.15) is 149 Å². The molecule has 0 saturated heterocycles. The van der Waals surface area contributed by atoms with E-state index in [1.54, 1.807) is 70.6 Å². The van der Waals surface area contributed by atoms with E-state index in [4.69, 9.17) is 0 Å². The molecular weight excluding hydrogens is 384 g/mol. The lowest BCUT2D eigenvalue weighted by molar-refractivity contribution is -0.00775. The first-order chi connectivity index (χ1) is 15.7. The van der Waals surface area contributed by atoms with Gasteiger partial charge in [-0.3, -0.25) is 0 Å². The second-order valence-electron chi connectivity index (χ2n) is 13.5. The van der Waals surface area contributed by atoms with Crippen molar-refractivity contribution in [2.45, 2.75) is 149 Å². The van der Waals surface area contributed by atoms with E-state index < -0.39 is 0 Å². The van der Waals surface area contributed by atoms with E-state index in [-0.39, 0.29) is 0 Å². The predicted octanol–water partition coefficient (Wildman–Crippen LogP) is 10.4. The number of fused-ring (bicyclic) bond motifs is 1. The fourth-order valence-corrected chi connectivity index (χ4v) is 9.48. The van der Waals surface area contributed by atoms with Gasteiger partial charge >= 0.3 is 0 Å². The smallest absolute Gasteiger partial charge is 0.0324 e. The summed E-state index contributed by atoms with van der Waals surface area (Å²) >= 11 is 0. The minimum Gasteiger partial charge on any atom is -0.0651 e. The van der Waals surface area contributed by atoms with Gasteiger partial charge in [0, 0.05) is 0 Å². The van der Waals surface area contributed by atoms with Crippen LogP contribution in [0.3, 0.4) is 0 Å². The van der Waals surface area contributed by atoms with Gasteiger partial charge in [0.15, 0.2) is 0 Å². The molecule has 7 unspecified atom stereocenters. The van der Waals surface area contributed by atoms with Gasteiger partial charge in [-0.2, -0.15) is 0 Å². The van der Waals surface area contributed by atoms with E-state index in [1.165, 1.54) is 57.8 Å². The Morgan fingerprint density at radius 1 is 0.562 bits per heavy atom. The van der Waals surface area contributed by atoms with Crippen molar-refractivity contribution in [1.29, 1.82) is 0 Å². The minimum atomic E-state index is 1.02. The zero-order valence-electron chi connectivity index (χ0n) is 22.3. The normalized spacial score (nSPS) is 41.2. The summed E-state index contributed by atoms with van der Waals surface area (Å²) in [5.41, 5.74) is 0. The number of rotatable bonds is 5. The average Bonchev–Trinajstić information content (AvgIpc) is 3.49. The zero-order chi connectivity index (χ0) is 22.3. The van der Waals surface area contributed by atoms with Crippen LogP contribution in [-0.4, -0.2) is 0 Å². The molecule has 0 heteroatoms. The Bertz CT molecular complexity index is 510. The molecule has 5 rings (SSSR count). The largest absolute Gasteiger partial charge is 0.0651 e. The highest BCUT2D eigenvalue weighted by molar-refractivity contribution is 4.97. The van der Waals surface area contributed by atoms with Crippen LogP contribution >= 0.6 is 0 Å². The lowest BCUT2D eigenvalue weighted by Crippen LogP contribution is -2.42. The van der Waals surface area contributed by atoms with Crippen molar-refractivity contribution in [3.05, 3.63) is 0 Å². The summed E-state index contributed by atoms with van der Waals surface area (Å²) in [6.07, 6.45) is 30.8. The molecule has 0 heterocycles. The first-order valence-electron chi connectivity index (χ1n) is 15.7. The van der Waals surface area contributed by atoms with E-state index in [0.717, 1.165) is 53.3 Å². The van der Waals surface area contributed by atoms with Gasteiger partial charge in [0.2, 0.25) is 0 Å². The molecule has 0 amide bonds. The Morgan fingerprint density at radius 2 is 1.22 bits per heavy atom. The van der Waals surface area contributed by atoms with Gasteiger partial charge in [0.05, 0.1) is 0 Å². The van der Waals surface area contributed by atoms with Crippen LogP contribution < -0.4 is 0 Å². The SMILES string of the molecule is CC1CCCC1.CCC1CCCC(C2C(CCC3CCCCC3)C(C)CC3CCCC32)C1.